The van der Waals surface area contributed by atoms with Crippen LogP contribution in [0.5, 0.6) is 0 Å². The van der Waals surface area contributed by atoms with E-state index in [1.54, 1.807) is 23.0 Å². The number of hydrazone groups is 1. The number of rotatable bonds is 2. The normalized spacial score (nSPS) is 24.0. The van der Waals surface area contributed by atoms with Gasteiger partial charge in [0.05, 0.1) is 11.4 Å². The summed E-state index contributed by atoms with van der Waals surface area (Å²) in [7, 11) is 1.73. The molecule has 0 aromatic heterocycles. The van der Waals surface area contributed by atoms with E-state index in [0.29, 0.717) is 11.3 Å². The van der Waals surface area contributed by atoms with Gasteiger partial charge in [0.25, 0.3) is 5.91 Å². The van der Waals surface area contributed by atoms with Crippen LogP contribution in [0.25, 0.3) is 0 Å². The lowest BCUT2D eigenvalue weighted by Gasteiger charge is -2.43. The van der Waals surface area contributed by atoms with Gasteiger partial charge < -0.3 is 9.64 Å². The summed E-state index contributed by atoms with van der Waals surface area (Å²) in [4.78, 5) is 26.4. The summed E-state index contributed by atoms with van der Waals surface area (Å²) < 4.78 is 5.68. The fraction of sp³-hybridized carbons (Fsp3) is 0.250. The molecule has 26 heavy (non-hydrogen) atoms. The Morgan fingerprint density at radius 1 is 1.12 bits per heavy atom. The van der Waals surface area contributed by atoms with Crippen molar-refractivity contribution in [3.8, 4) is 0 Å². The molecule has 2 aliphatic heterocycles. The highest BCUT2D eigenvalue weighted by atomic mass is 16.5. The van der Waals surface area contributed by atoms with Crippen molar-refractivity contribution in [3.63, 3.8) is 0 Å². The first kappa shape index (κ1) is 16.3. The quantitative estimate of drug-likeness (QED) is 0.782. The van der Waals surface area contributed by atoms with E-state index in [-0.39, 0.29) is 5.91 Å². The van der Waals surface area contributed by atoms with E-state index in [4.69, 9.17) is 9.84 Å². The predicted octanol–water partition coefficient (Wildman–Crippen LogP) is 2.75. The first-order valence-electron chi connectivity index (χ1n) is 8.43. The molecule has 2 atom stereocenters. The second-order valence-electron chi connectivity index (χ2n) is 6.51. The van der Waals surface area contributed by atoms with Gasteiger partial charge in [0.15, 0.2) is 6.10 Å². The number of benzene rings is 2. The van der Waals surface area contributed by atoms with Gasteiger partial charge in [0.2, 0.25) is 5.66 Å². The molecule has 0 fully saturated rings. The third-order valence-electron chi connectivity index (χ3n) is 4.98. The minimum Gasteiger partial charge on any atom is -0.451 e. The SMILES string of the molecule is CC(=O)O[C@@H]1C(C)=NN(c2ccccc2)[C@@]12c1ccccc1C(=O)N2C. The third kappa shape index (κ3) is 2.02. The molecule has 1 spiro atoms. The van der Waals surface area contributed by atoms with Gasteiger partial charge in [-0.1, -0.05) is 36.4 Å². The van der Waals surface area contributed by atoms with Crippen molar-refractivity contribution >= 4 is 23.3 Å². The maximum Gasteiger partial charge on any atom is 0.303 e. The summed E-state index contributed by atoms with van der Waals surface area (Å²) in [6.45, 7) is 3.19. The Balaban J connectivity index is 2.00. The molecule has 0 saturated carbocycles. The molecule has 4 rings (SSSR count). The number of carbonyl (C=O) groups is 2. The highest BCUT2D eigenvalue weighted by Crippen LogP contribution is 2.49. The predicted molar refractivity (Wildman–Crippen MR) is 97.8 cm³/mol. The first-order valence-corrected chi connectivity index (χ1v) is 8.43. The van der Waals surface area contributed by atoms with Crippen LogP contribution in [0, 0.1) is 0 Å². The maximum atomic E-state index is 13.0. The number of fused-ring (bicyclic) bond motifs is 2. The number of ether oxygens (including phenoxy) is 1. The Morgan fingerprint density at radius 2 is 1.77 bits per heavy atom. The number of hydrogen-bond donors (Lipinski definition) is 0. The second kappa shape index (κ2) is 5.69. The van der Waals surface area contributed by atoms with E-state index < -0.39 is 17.7 Å². The van der Waals surface area contributed by atoms with Crippen molar-refractivity contribution in [2.24, 2.45) is 5.10 Å². The van der Waals surface area contributed by atoms with Crippen LogP contribution < -0.4 is 5.01 Å². The largest absolute Gasteiger partial charge is 0.451 e. The minimum absolute atomic E-state index is 0.122. The number of nitrogens with zero attached hydrogens (tertiary/aromatic N) is 3. The Bertz CT molecular complexity index is 925. The lowest BCUT2D eigenvalue weighted by Crippen LogP contribution is -2.59. The zero-order chi connectivity index (χ0) is 18.5. The topological polar surface area (TPSA) is 62.2 Å². The van der Waals surface area contributed by atoms with Crippen LogP contribution in [0.2, 0.25) is 0 Å². The highest BCUT2D eigenvalue weighted by Gasteiger charge is 2.63. The number of likely N-dealkylation sites (N-methyl/N-ethyl adjacent to an activating group) is 1. The Kier molecular flexibility index (Phi) is 3.57. The number of anilines is 1. The summed E-state index contributed by atoms with van der Waals surface area (Å²) >= 11 is 0. The highest BCUT2D eigenvalue weighted by molar-refractivity contribution is 6.04. The van der Waals surface area contributed by atoms with Gasteiger partial charge in [-0.25, -0.2) is 5.01 Å². The standard InChI is InChI=1S/C20H19N3O3/c1-13-18(26-14(2)24)20(23(21-13)15-9-5-4-6-10-15)17-12-8-7-11-16(17)19(25)22(20)3/h4-12,18H,1-3H3/t18-,20+/m1/s1. The fourth-order valence-corrected chi connectivity index (χ4v) is 3.93. The van der Waals surface area contributed by atoms with Gasteiger partial charge in [0, 0.05) is 25.1 Å². The van der Waals surface area contributed by atoms with Crippen molar-refractivity contribution in [2.45, 2.75) is 25.6 Å². The molecule has 0 bridgehead atoms. The van der Waals surface area contributed by atoms with E-state index in [1.807, 2.05) is 55.5 Å². The molecule has 0 N–H and O–H groups in total. The molecule has 0 radical (unpaired) electrons. The Labute approximate surface area is 151 Å². The summed E-state index contributed by atoms with van der Waals surface area (Å²) in [6.07, 6.45) is -0.696. The number of carbonyl (C=O) groups excluding carboxylic acids is 2. The number of esters is 1. The molecular formula is C20H19N3O3. The van der Waals surface area contributed by atoms with Gasteiger partial charge in [-0.05, 0) is 25.1 Å². The minimum atomic E-state index is -1.04. The maximum absolute atomic E-state index is 13.0. The molecule has 2 aromatic carbocycles. The van der Waals surface area contributed by atoms with E-state index in [9.17, 15) is 9.59 Å². The average Bonchev–Trinajstić information content (AvgIpc) is 3.05. The monoisotopic (exact) mass is 349 g/mol. The van der Waals surface area contributed by atoms with Crippen molar-refractivity contribution < 1.29 is 14.3 Å². The van der Waals surface area contributed by atoms with Gasteiger partial charge in [-0.3, -0.25) is 9.59 Å². The molecular weight excluding hydrogens is 330 g/mol. The summed E-state index contributed by atoms with van der Waals surface area (Å²) in [5.74, 6) is -0.535. The lowest BCUT2D eigenvalue weighted by atomic mass is 9.90. The van der Waals surface area contributed by atoms with Crippen molar-refractivity contribution in [1.82, 2.24) is 4.90 Å². The second-order valence-corrected chi connectivity index (χ2v) is 6.51. The van der Waals surface area contributed by atoms with Crippen LogP contribution in [0.3, 0.4) is 0 Å². The van der Waals surface area contributed by atoms with E-state index in [1.165, 1.54) is 6.92 Å². The van der Waals surface area contributed by atoms with E-state index in [0.717, 1.165) is 11.3 Å². The molecule has 2 aromatic rings. The van der Waals surface area contributed by atoms with E-state index >= 15 is 0 Å². The third-order valence-corrected chi connectivity index (χ3v) is 4.98. The molecule has 6 heteroatoms. The zero-order valence-electron chi connectivity index (χ0n) is 14.8. The summed E-state index contributed by atoms with van der Waals surface area (Å²) in [6, 6.07) is 17.0. The number of hydrogen-bond acceptors (Lipinski definition) is 5. The van der Waals surface area contributed by atoms with Crippen LogP contribution in [-0.2, 0) is 15.2 Å². The Morgan fingerprint density at radius 3 is 2.46 bits per heavy atom. The van der Waals surface area contributed by atoms with Gasteiger partial charge in [-0.2, -0.15) is 5.10 Å². The molecule has 0 unspecified atom stereocenters. The summed E-state index contributed by atoms with van der Waals surface area (Å²) in [5.41, 5.74) is 1.80. The summed E-state index contributed by atoms with van der Waals surface area (Å²) in [5, 5.41) is 6.48. The molecule has 2 aliphatic rings. The van der Waals surface area contributed by atoms with Crippen LogP contribution in [0.1, 0.15) is 29.8 Å². The number of amides is 1. The smallest absolute Gasteiger partial charge is 0.303 e. The van der Waals surface area contributed by atoms with Crippen LogP contribution in [-0.4, -0.2) is 35.6 Å². The van der Waals surface area contributed by atoms with Gasteiger partial charge >= 0.3 is 5.97 Å². The van der Waals surface area contributed by atoms with Crippen LogP contribution in [0.15, 0.2) is 59.7 Å². The van der Waals surface area contributed by atoms with Gasteiger partial charge in [-0.15, -0.1) is 0 Å². The van der Waals surface area contributed by atoms with E-state index in [2.05, 4.69) is 0 Å². The molecule has 6 nitrogen and oxygen atoms in total. The molecule has 0 aliphatic carbocycles. The van der Waals surface area contributed by atoms with Crippen LogP contribution in [0.4, 0.5) is 5.69 Å². The lowest BCUT2D eigenvalue weighted by molar-refractivity contribution is -0.148. The van der Waals surface area contributed by atoms with Crippen molar-refractivity contribution in [2.75, 3.05) is 12.1 Å². The van der Waals surface area contributed by atoms with Crippen molar-refractivity contribution in [3.05, 3.63) is 65.7 Å². The molecule has 132 valence electrons. The Hall–Kier alpha value is -3.15. The zero-order valence-corrected chi connectivity index (χ0v) is 14.8. The molecule has 0 saturated heterocycles. The molecule has 1 amide bonds. The fourth-order valence-electron chi connectivity index (χ4n) is 3.93. The first-order chi connectivity index (χ1) is 12.5. The average molecular weight is 349 g/mol. The molecule has 2 heterocycles. The van der Waals surface area contributed by atoms with Crippen molar-refractivity contribution in [1.29, 1.82) is 0 Å². The number of para-hydroxylation sites is 1. The van der Waals surface area contributed by atoms with Crippen LogP contribution >= 0.6 is 0 Å². The van der Waals surface area contributed by atoms with Gasteiger partial charge in [0.1, 0.15) is 0 Å².